The van der Waals surface area contributed by atoms with Crippen molar-refractivity contribution in [3.05, 3.63) is 32.8 Å². The second kappa shape index (κ2) is 6.45. The Kier molecular flexibility index (Phi) is 5.57. The summed E-state index contributed by atoms with van der Waals surface area (Å²) in [5.41, 5.74) is 5.63. The van der Waals surface area contributed by atoms with Crippen molar-refractivity contribution in [2.24, 2.45) is 5.73 Å². The third-order valence-corrected chi connectivity index (χ3v) is 5.55. The Morgan fingerprint density at radius 2 is 2.10 bits per heavy atom. The van der Waals surface area contributed by atoms with Gasteiger partial charge in [-0.15, -0.1) is 12.4 Å². The van der Waals surface area contributed by atoms with Crippen molar-refractivity contribution < 1.29 is 13.3 Å². The Morgan fingerprint density at radius 1 is 1.48 bits per heavy atom. The van der Waals surface area contributed by atoms with Crippen LogP contribution in [0.15, 0.2) is 17.0 Å². The molecule has 0 amide bonds. The van der Waals surface area contributed by atoms with Gasteiger partial charge >= 0.3 is 0 Å². The molecular formula is C11H15Cl2N3O4S. The molecule has 0 radical (unpaired) electrons. The van der Waals surface area contributed by atoms with E-state index in [1.165, 1.54) is 17.3 Å². The van der Waals surface area contributed by atoms with E-state index in [1.807, 2.05) is 0 Å². The zero-order valence-corrected chi connectivity index (χ0v) is 13.5. The average Bonchev–Trinajstić information content (AvgIpc) is 2.79. The molecule has 2 rings (SSSR count). The van der Waals surface area contributed by atoms with Crippen LogP contribution < -0.4 is 5.73 Å². The molecule has 21 heavy (non-hydrogen) atoms. The molecule has 1 aliphatic heterocycles. The minimum absolute atomic E-state index is 0. The molecule has 1 fully saturated rings. The van der Waals surface area contributed by atoms with Gasteiger partial charge in [0.05, 0.1) is 14.8 Å². The summed E-state index contributed by atoms with van der Waals surface area (Å²) in [5, 5.41) is 11.0. The van der Waals surface area contributed by atoms with Gasteiger partial charge in [0.2, 0.25) is 10.0 Å². The van der Waals surface area contributed by atoms with E-state index >= 15 is 0 Å². The normalized spacial score (nSPS) is 19.3. The molecule has 7 nitrogen and oxygen atoms in total. The van der Waals surface area contributed by atoms with Gasteiger partial charge in [0.25, 0.3) is 5.69 Å². The molecule has 1 unspecified atom stereocenters. The molecule has 1 aromatic rings. The maximum atomic E-state index is 12.4. The number of hydrogen-bond acceptors (Lipinski definition) is 5. The number of benzene rings is 1. The van der Waals surface area contributed by atoms with Gasteiger partial charge in [0.15, 0.2) is 0 Å². The summed E-state index contributed by atoms with van der Waals surface area (Å²) in [7, 11) is -3.80. The van der Waals surface area contributed by atoms with Gasteiger partial charge in [-0.25, -0.2) is 8.42 Å². The molecule has 118 valence electrons. The van der Waals surface area contributed by atoms with E-state index < -0.39 is 14.9 Å². The van der Waals surface area contributed by atoms with E-state index in [4.69, 9.17) is 17.3 Å². The Bertz CT molecular complexity index is 666. The molecule has 1 heterocycles. The first-order chi connectivity index (χ1) is 9.23. The monoisotopic (exact) mass is 355 g/mol. The first kappa shape index (κ1) is 18.1. The molecule has 0 bridgehead atoms. The van der Waals surface area contributed by atoms with E-state index in [9.17, 15) is 18.5 Å². The highest BCUT2D eigenvalue weighted by atomic mass is 35.5. The van der Waals surface area contributed by atoms with Crippen molar-refractivity contribution in [1.82, 2.24) is 4.31 Å². The fourth-order valence-corrected chi connectivity index (χ4v) is 3.94. The van der Waals surface area contributed by atoms with Crippen LogP contribution in [-0.4, -0.2) is 36.8 Å². The molecule has 10 heteroatoms. The Morgan fingerprint density at radius 3 is 2.57 bits per heavy atom. The highest BCUT2D eigenvalue weighted by molar-refractivity contribution is 7.89. The zero-order valence-electron chi connectivity index (χ0n) is 11.2. The lowest BCUT2D eigenvalue weighted by molar-refractivity contribution is -0.385. The van der Waals surface area contributed by atoms with Gasteiger partial charge in [-0.2, -0.15) is 4.31 Å². The smallest absolute Gasteiger partial charge is 0.275 e. The lowest BCUT2D eigenvalue weighted by atomic mass is 10.2. The second-order valence-electron chi connectivity index (χ2n) is 4.72. The number of sulfonamides is 1. The molecule has 1 atom stereocenters. The molecule has 0 aliphatic carbocycles. The summed E-state index contributed by atoms with van der Waals surface area (Å²) in [6.45, 7) is 1.99. The number of halogens is 2. The average molecular weight is 356 g/mol. The molecule has 0 spiro atoms. The quantitative estimate of drug-likeness (QED) is 0.655. The van der Waals surface area contributed by atoms with Crippen molar-refractivity contribution >= 4 is 39.7 Å². The van der Waals surface area contributed by atoms with Crippen LogP contribution in [0.1, 0.15) is 12.0 Å². The highest BCUT2D eigenvalue weighted by Gasteiger charge is 2.32. The van der Waals surface area contributed by atoms with Gasteiger partial charge in [-0.1, -0.05) is 11.6 Å². The van der Waals surface area contributed by atoms with E-state index in [-0.39, 0.29) is 46.2 Å². The fraction of sp³-hybridized carbons (Fsp3) is 0.455. The third-order valence-electron chi connectivity index (χ3n) is 3.31. The van der Waals surface area contributed by atoms with Crippen LogP contribution in [-0.2, 0) is 10.0 Å². The topological polar surface area (TPSA) is 107 Å². The minimum atomic E-state index is -3.80. The van der Waals surface area contributed by atoms with Gasteiger partial charge in [0, 0.05) is 30.8 Å². The summed E-state index contributed by atoms with van der Waals surface area (Å²) in [6.07, 6.45) is 0.570. The van der Waals surface area contributed by atoms with Crippen LogP contribution in [0.4, 0.5) is 5.69 Å². The molecular weight excluding hydrogens is 341 g/mol. The fourth-order valence-electron chi connectivity index (χ4n) is 2.10. The van der Waals surface area contributed by atoms with Gasteiger partial charge in [-0.05, 0) is 19.4 Å². The first-order valence-corrected chi connectivity index (χ1v) is 7.75. The lowest BCUT2D eigenvalue weighted by Gasteiger charge is -2.16. The highest BCUT2D eigenvalue weighted by Crippen LogP contribution is 2.31. The summed E-state index contributed by atoms with van der Waals surface area (Å²) in [5.74, 6) is 0. The van der Waals surface area contributed by atoms with Crippen molar-refractivity contribution in [3.63, 3.8) is 0 Å². The molecule has 1 aromatic carbocycles. The first-order valence-electron chi connectivity index (χ1n) is 5.93. The summed E-state index contributed by atoms with van der Waals surface area (Å²) in [6, 6.07) is 2.07. The number of nitro benzene ring substituents is 1. The van der Waals surface area contributed by atoms with Crippen molar-refractivity contribution in [3.8, 4) is 0 Å². The maximum Gasteiger partial charge on any atom is 0.275 e. The zero-order chi connectivity index (χ0) is 15.1. The van der Waals surface area contributed by atoms with Crippen LogP contribution in [0.2, 0.25) is 5.02 Å². The summed E-state index contributed by atoms with van der Waals surface area (Å²) < 4.78 is 26.0. The molecule has 2 N–H and O–H groups in total. The number of nitrogens with two attached hydrogens (primary N) is 1. The predicted octanol–water partition coefficient (Wildman–Crippen LogP) is 1.70. The van der Waals surface area contributed by atoms with E-state index in [0.717, 1.165) is 6.07 Å². The largest absolute Gasteiger partial charge is 0.326 e. The van der Waals surface area contributed by atoms with Crippen LogP contribution >= 0.6 is 24.0 Å². The molecule has 1 saturated heterocycles. The Balaban J connectivity index is 0.00000220. The van der Waals surface area contributed by atoms with Crippen LogP contribution in [0, 0.1) is 17.0 Å². The Labute approximate surface area is 133 Å². The van der Waals surface area contributed by atoms with Gasteiger partial charge < -0.3 is 5.73 Å². The van der Waals surface area contributed by atoms with Crippen molar-refractivity contribution in [2.45, 2.75) is 24.3 Å². The number of hydrogen-bond donors (Lipinski definition) is 1. The van der Waals surface area contributed by atoms with Crippen LogP contribution in [0.25, 0.3) is 0 Å². The maximum absolute atomic E-state index is 12.4. The molecule has 1 aliphatic rings. The number of nitrogens with zero attached hydrogens (tertiary/aromatic N) is 2. The standard InChI is InChI=1S/C11H14ClN3O4S.ClH/c1-7-10(12)4-9(5-11(7)15(16)17)20(18,19)14-3-2-8(13)6-14;/h4-5,8H,2-3,6,13H2,1H3;1H. The van der Waals surface area contributed by atoms with Crippen LogP contribution in [0.5, 0.6) is 0 Å². The second-order valence-corrected chi connectivity index (χ2v) is 7.06. The number of rotatable bonds is 3. The SMILES string of the molecule is Cc1c(Cl)cc(S(=O)(=O)N2CCC(N)C2)cc1[N+](=O)[O-].Cl. The lowest BCUT2D eigenvalue weighted by Crippen LogP contribution is -2.32. The van der Waals surface area contributed by atoms with E-state index in [2.05, 4.69) is 0 Å². The molecule has 0 saturated carbocycles. The summed E-state index contributed by atoms with van der Waals surface area (Å²) >= 11 is 5.89. The number of nitro groups is 1. The van der Waals surface area contributed by atoms with E-state index in [0.29, 0.717) is 13.0 Å². The minimum Gasteiger partial charge on any atom is -0.326 e. The van der Waals surface area contributed by atoms with Crippen LogP contribution in [0.3, 0.4) is 0 Å². The third kappa shape index (κ3) is 3.46. The predicted molar refractivity (Wildman–Crippen MR) is 81.4 cm³/mol. The Hall–Kier alpha value is -0.930. The molecule has 0 aromatic heterocycles. The summed E-state index contributed by atoms with van der Waals surface area (Å²) in [4.78, 5) is 10.1. The van der Waals surface area contributed by atoms with Gasteiger partial charge in [0.1, 0.15) is 0 Å². The van der Waals surface area contributed by atoms with E-state index in [1.54, 1.807) is 0 Å². The van der Waals surface area contributed by atoms with Gasteiger partial charge in [-0.3, -0.25) is 10.1 Å². The van der Waals surface area contributed by atoms with Crippen molar-refractivity contribution in [1.29, 1.82) is 0 Å². The van der Waals surface area contributed by atoms with Crippen molar-refractivity contribution in [2.75, 3.05) is 13.1 Å².